The predicted molar refractivity (Wildman–Crippen MR) is 65.3 cm³/mol. The molecular weight excluding hydrogens is 232 g/mol. The minimum absolute atomic E-state index is 0.277. The second kappa shape index (κ2) is 3.99. The van der Waals surface area contributed by atoms with Crippen molar-refractivity contribution in [1.82, 2.24) is 15.1 Å². The third-order valence-corrected chi connectivity index (χ3v) is 2.50. The highest BCUT2D eigenvalue weighted by atomic mass is 16.5. The van der Waals surface area contributed by atoms with Gasteiger partial charge in [-0.05, 0) is 25.1 Å². The van der Waals surface area contributed by atoms with E-state index in [4.69, 9.17) is 4.52 Å². The smallest absolute Gasteiger partial charge is 0.273 e. The van der Waals surface area contributed by atoms with Gasteiger partial charge in [-0.3, -0.25) is 9.78 Å². The number of hydrogen-bond acceptors (Lipinski definition) is 4. The van der Waals surface area contributed by atoms with E-state index in [0.717, 1.165) is 11.0 Å². The molecule has 18 heavy (non-hydrogen) atoms. The predicted octanol–water partition coefficient (Wildman–Crippen LogP) is 2.11. The van der Waals surface area contributed by atoms with Crippen molar-refractivity contribution < 1.29 is 9.32 Å². The summed E-state index contributed by atoms with van der Waals surface area (Å²) < 4.78 is 4.87. The molecule has 3 heterocycles. The quantitative estimate of drug-likeness (QED) is 0.720. The molecule has 0 bridgehead atoms. The van der Waals surface area contributed by atoms with Crippen molar-refractivity contribution in [2.45, 2.75) is 6.92 Å². The van der Waals surface area contributed by atoms with Crippen LogP contribution >= 0.6 is 0 Å². The Balaban J connectivity index is 1.87. The van der Waals surface area contributed by atoms with Gasteiger partial charge in [0.2, 0.25) is 0 Å². The lowest BCUT2D eigenvalue weighted by Gasteiger charge is -1.96. The molecule has 0 saturated heterocycles. The van der Waals surface area contributed by atoms with Crippen molar-refractivity contribution in [2.75, 3.05) is 5.32 Å². The molecule has 0 aliphatic rings. The lowest BCUT2D eigenvalue weighted by atomic mass is 10.3. The number of hydrogen-bond donors (Lipinski definition) is 2. The zero-order chi connectivity index (χ0) is 12.5. The minimum atomic E-state index is -0.277. The van der Waals surface area contributed by atoms with Crippen molar-refractivity contribution >= 4 is 22.8 Å². The lowest BCUT2D eigenvalue weighted by molar-refractivity contribution is 0.102. The molecule has 1 amide bonds. The van der Waals surface area contributed by atoms with Gasteiger partial charge < -0.3 is 14.8 Å². The van der Waals surface area contributed by atoms with Crippen molar-refractivity contribution in [1.29, 1.82) is 0 Å². The maximum atomic E-state index is 11.9. The van der Waals surface area contributed by atoms with E-state index in [-0.39, 0.29) is 5.91 Å². The number of aromatic amines is 1. The second-order valence-electron chi connectivity index (χ2n) is 3.90. The second-order valence-corrected chi connectivity index (χ2v) is 3.90. The number of nitrogens with one attached hydrogen (secondary N) is 2. The molecule has 0 radical (unpaired) electrons. The molecule has 0 spiro atoms. The Kier molecular flexibility index (Phi) is 2.33. The van der Waals surface area contributed by atoms with Crippen LogP contribution in [-0.4, -0.2) is 21.0 Å². The van der Waals surface area contributed by atoms with E-state index in [0.29, 0.717) is 17.3 Å². The number of H-pyrrole nitrogens is 1. The Morgan fingerprint density at radius 3 is 3.06 bits per heavy atom. The lowest BCUT2D eigenvalue weighted by Crippen LogP contribution is -2.12. The Morgan fingerprint density at radius 2 is 2.33 bits per heavy atom. The molecule has 3 aromatic heterocycles. The first-order chi connectivity index (χ1) is 8.72. The molecule has 0 unspecified atom stereocenters. The number of anilines is 1. The molecule has 3 aromatic rings. The molecule has 0 fully saturated rings. The molecule has 0 aliphatic carbocycles. The molecular formula is C12H10N4O2. The summed E-state index contributed by atoms with van der Waals surface area (Å²) in [5.74, 6) is 0.758. The standard InChI is InChI=1S/C12H10N4O2/c1-7-5-11(16-18-7)15-12(17)10-6-9-8(14-10)3-2-4-13-9/h2-6,14H,1H3,(H,15,16,17). The van der Waals surface area contributed by atoms with Crippen LogP contribution < -0.4 is 5.32 Å². The molecule has 0 aromatic carbocycles. The highest BCUT2D eigenvalue weighted by molar-refractivity contribution is 6.04. The van der Waals surface area contributed by atoms with Gasteiger partial charge in [-0.25, -0.2) is 0 Å². The van der Waals surface area contributed by atoms with Gasteiger partial charge in [-0.1, -0.05) is 5.16 Å². The first-order valence-corrected chi connectivity index (χ1v) is 5.41. The number of amides is 1. The van der Waals surface area contributed by atoms with E-state index >= 15 is 0 Å². The summed E-state index contributed by atoms with van der Waals surface area (Å²) in [6.45, 7) is 1.76. The van der Waals surface area contributed by atoms with Crippen LogP contribution in [0.3, 0.4) is 0 Å². The first kappa shape index (κ1) is 10.5. The summed E-state index contributed by atoms with van der Waals surface area (Å²) in [6, 6.07) is 7.01. The Hall–Kier alpha value is -2.63. The number of carbonyl (C=O) groups is 1. The number of aromatic nitrogens is 3. The summed E-state index contributed by atoms with van der Waals surface area (Å²) in [5, 5.41) is 6.34. The van der Waals surface area contributed by atoms with E-state index in [1.165, 1.54) is 0 Å². The Bertz CT molecular complexity index is 681. The van der Waals surface area contributed by atoms with Gasteiger partial charge in [0.1, 0.15) is 11.5 Å². The van der Waals surface area contributed by atoms with Crippen LogP contribution in [0.15, 0.2) is 35.0 Å². The normalized spacial score (nSPS) is 10.7. The summed E-state index contributed by atoms with van der Waals surface area (Å²) in [7, 11) is 0. The molecule has 3 rings (SSSR count). The van der Waals surface area contributed by atoms with Crippen LogP contribution in [0.4, 0.5) is 5.82 Å². The maximum Gasteiger partial charge on any atom is 0.273 e. The van der Waals surface area contributed by atoms with Crippen LogP contribution in [0.25, 0.3) is 11.0 Å². The molecule has 90 valence electrons. The number of carbonyl (C=O) groups excluding carboxylic acids is 1. The highest BCUT2D eigenvalue weighted by Gasteiger charge is 2.11. The van der Waals surface area contributed by atoms with Gasteiger partial charge in [0, 0.05) is 12.3 Å². The van der Waals surface area contributed by atoms with E-state index in [1.54, 1.807) is 25.3 Å². The van der Waals surface area contributed by atoms with Crippen molar-refractivity contribution in [3.05, 3.63) is 41.9 Å². The van der Waals surface area contributed by atoms with Crippen LogP contribution in [-0.2, 0) is 0 Å². The molecule has 0 aliphatic heterocycles. The number of fused-ring (bicyclic) bond motifs is 1. The third-order valence-electron chi connectivity index (χ3n) is 2.50. The van der Waals surface area contributed by atoms with Gasteiger partial charge in [-0.15, -0.1) is 0 Å². The zero-order valence-electron chi connectivity index (χ0n) is 9.60. The summed E-state index contributed by atoms with van der Waals surface area (Å²) in [6.07, 6.45) is 1.68. The van der Waals surface area contributed by atoms with Crippen molar-refractivity contribution in [3.63, 3.8) is 0 Å². The summed E-state index contributed by atoms with van der Waals surface area (Å²) in [5.41, 5.74) is 2.00. The average molecular weight is 242 g/mol. The van der Waals surface area contributed by atoms with Gasteiger partial charge >= 0.3 is 0 Å². The molecule has 6 heteroatoms. The molecule has 6 nitrogen and oxygen atoms in total. The van der Waals surface area contributed by atoms with Crippen molar-refractivity contribution in [2.24, 2.45) is 0 Å². The minimum Gasteiger partial charge on any atom is -0.360 e. The van der Waals surface area contributed by atoms with Crippen LogP contribution in [0, 0.1) is 6.92 Å². The van der Waals surface area contributed by atoms with Crippen LogP contribution in [0.2, 0.25) is 0 Å². The topological polar surface area (TPSA) is 83.8 Å². The Morgan fingerprint density at radius 1 is 1.44 bits per heavy atom. The number of nitrogens with zero attached hydrogens (tertiary/aromatic N) is 2. The molecule has 0 atom stereocenters. The number of aryl methyl sites for hydroxylation is 1. The van der Waals surface area contributed by atoms with Crippen LogP contribution in [0.1, 0.15) is 16.2 Å². The van der Waals surface area contributed by atoms with E-state index in [2.05, 4.69) is 20.4 Å². The highest BCUT2D eigenvalue weighted by Crippen LogP contribution is 2.14. The fraction of sp³-hybridized carbons (Fsp3) is 0.0833. The molecule has 2 N–H and O–H groups in total. The van der Waals surface area contributed by atoms with E-state index < -0.39 is 0 Å². The number of pyridine rings is 1. The molecule has 0 saturated carbocycles. The maximum absolute atomic E-state index is 11.9. The van der Waals surface area contributed by atoms with Gasteiger partial charge in [0.15, 0.2) is 5.82 Å². The fourth-order valence-electron chi connectivity index (χ4n) is 1.69. The largest absolute Gasteiger partial charge is 0.360 e. The first-order valence-electron chi connectivity index (χ1n) is 5.41. The average Bonchev–Trinajstić information content (AvgIpc) is 2.95. The van der Waals surface area contributed by atoms with Crippen LogP contribution in [0.5, 0.6) is 0 Å². The summed E-state index contributed by atoms with van der Waals surface area (Å²) >= 11 is 0. The monoisotopic (exact) mass is 242 g/mol. The third kappa shape index (κ3) is 1.84. The number of rotatable bonds is 2. The van der Waals surface area contributed by atoms with Crippen molar-refractivity contribution in [3.8, 4) is 0 Å². The van der Waals surface area contributed by atoms with Gasteiger partial charge in [-0.2, -0.15) is 0 Å². The zero-order valence-corrected chi connectivity index (χ0v) is 9.60. The van der Waals surface area contributed by atoms with Gasteiger partial charge in [0.25, 0.3) is 5.91 Å². The Labute approximate surface area is 102 Å². The van der Waals surface area contributed by atoms with E-state index in [9.17, 15) is 4.79 Å². The van der Waals surface area contributed by atoms with Gasteiger partial charge in [0.05, 0.1) is 11.0 Å². The summed E-state index contributed by atoms with van der Waals surface area (Å²) in [4.78, 5) is 19.1. The van der Waals surface area contributed by atoms with E-state index in [1.807, 2.05) is 12.1 Å². The SMILES string of the molecule is Cc1cc(NC(=O)c2cc3ncccc3[nH]2)no1. The fourth-order valence-corrected chi connectivity index (χ4v) is 1.69.